The fraction of sp³-hybridized carbons (Fsp3) is 0.478. The molecule has 3 heterocycles. The van der Waals surface area contributed by atoms with Gasteiger partial charge in [-0.05, 0) is 43.5 Å². The second-order valence-electron chi connectivity index (χ2n) is 8.54. The predicted octanol–water partition coefficient (Wildman–Crippen LogP) is 2.37. The lowest BCUT2D eigenvalue weighted by Crippen LogP contribution is -2.45. The monoisotopic (exact) mass is 390 g/mol. The Morgan fingerprint density at radius 2 is 1.93 bits per heavy atom. The number of piperazine rings is 1. The average Bonchev–Trinajstić information content (AvgIpc) is 3.08. The first-order valence-electron chi connectivity index (χ1n) is 10.7. The van der Waals surface area contributed by atoms with Crippen molar-refractivity contribution in [3.63, 3.8) is 0 Å². The van der Waals surface area contributed by atoms with Gasteiger partial charge in [0.1, 0.15) is 0 Å². The highest BCUT2D eigenvalue weighted by atomic mass is 15.3. The summed E-state index contributed by atoms with van der Waals surface area (Å²) in [5.41, 5.74) is 5.22. The molecule has 0 saturated carbocycles. The maximum absolute atomic E-state index is 4.92. The molecule has 1 fully saturated rings. The second kappa shape index (κ2) is 7.76. The largest absolute Gasteiger partial charge is 0.350 e. The minimum Gasteiger partial charge on any atom is -0.350 e. The van der Waals surface area contributed by atoms with Crippen LogP contribution in [0.1, 0.15) is 23.2 Å². The zero-order chi connectivity index (χ0) is 19.8. The van der Waals surface area contributed by atoms with E-state index in [9.17, 15) is 0 Å². The summed E-state index contributed by atoms with van der Waals surface area (Å²) in [5, 5.41) is 5.13. The van der Waals surface area contributed by atoms with Gasteiger partial charge in [0, 0.05) is 74.8 Å². The summed E-state index contributed by atoms with van der Waals surface area (Å²) in [6.45, 7) is 5.11. The Bertz CT molecular complexity index is 1000. The van der Waals surface area contributed by atoms with Gasteiger partial charge in [0.15, 0.2) is 0 Å². The molecule has 29 heavy (non-hydrogen) atoms. The van der Waals surface area contributed by atoms with Crippen LogP contribution in [0.15, 0.2) is 36.7 Å². The number of rotatable bonds is 4. The fourth-order valence-corrected chi connectivity index (χ4v) is 4.65. The summed E-state index contributed by atoms with van der Waals surface area (Å²) in [7, 11) is 4.30. The van der Waals surface area contributed by atoms with Gasteiger partial charge in [-0.1, -0.05) is 18.2 Å². The summed E-state index contributed by atoms with van der Waals surface area (Å²) in [5.74, 6) is 0.916. The highest BCUT2D eigenvalue weighted by Crippen LogP contribution is 2.24. The van der Waals surface area contributed by atoms with E-state index in [1.165, 1.54) is 27.7 Å². The molecule has 5 rings (SSSR count). The molecule has 3 aromatic rings. The second-order valence-corrected chi connectivity index (χ2v) is 8.54. The van der Waals surface area contributed by atoms with E-state index in [-0.39, 0.29) is 0 Å². The summed E-state index contributed by atoms with van der Waals surface area (Å²) < 4.78 is 2.22. The number of nitrogens with one attached hydrogen (secondary N) is 1. The number of benzene rings is 1. The Morgan fingerprint density at radius 3 is 2.79 bits per heavy atom. The van der Waals surface area contributed by atoms with Crippen LogP contribution in [0, 0.1) is 0 Å². The third-order valence-corrected chi connectivity index (χ3v) is 6.48. The average molecular weight is 391 g/mol. The van der Waals surface area contributed by atoms with Crippen molar-refractivity contribution in [3.05, 3.63) is 53.5 Å². The predicted molar refractivity (Wildman–Crippen MR) is 117 cm³/mol. The number of fused-ring (bicyclic) bond motifs is 2. The van der Waals surface area contributed by atoms with Gasteiger partial charge in [0.25, 0.3) is 0 Å². The molecule has 1 N–H and O–H groups in total. The van der Waals surface area contributed by atoms with Gasteiger partial charge in [-0.25, -0.2) is 9.97 Å². The lowest BCUT2D eigenvalue weighted by molar-refractivity contribution is 0.311. The first kappa shape index (κ1) is 18.6. The van der Waals surface area contributed by atoms with Crippen LogP contribution in [0.5, 0.6) is 0 Å². The SMILES string of the molecule is CN1CCN(c2ncc3c(n2)CCC(NCc2cn(C)c4ccccc24)C3)CC1. The maximum Gasteiger partial charge on any atom is 0.225 e. The maximum atomic E-state index is 4.92. The number of hydrogen-bond donors (Lipinski definition) is 1. The van der Waals surface area contributed by atoms with Gasteiger partial charge in [0.05, 0.1) is 0 Å². The van der Waals surface area contributed by atoms with Crippen LogP contribution in [-0.4, -0.2) is 58.7 Å². The number of aryl methyl sites for hydroxylation is 2. The number of anilines is 1. The molecule has 1 aromatic carbocycles. The minimum atomic E-state index is 0.486. The first-order valence-corrected chi connectivity index (χ1v) is 10.7. The first-order chi connectivity index (χ1) is 14.2. The van der Waals surface area contributed by atoms with Crippen molar-refractivity contribution >= 4 is 16.9 Å². The van der Waals surface area contributed by atoms with E-state index in [4.69, 9.17) is 9.97 Å². The lowest BCUT2D eigenvalue weighted by Gasteiger charge is -2.33. The minimum absolute atomic E-state index is 0.486. The Hall–Kier alpha value is -2.44. The zero-order valence-electron chi connectivity index (χ0n) is 17.4. The molecule has 1 aliphatic carbocycles. The van der Waals surface area contributed by atoms with E-state index in [2.05, 4.69) is 70.4 Å². The van der Waals surface area contributed by atoms with E-state index in [1.54, 1.807) is 0 Å². The van der Waals surface area contributed by atoms with E-state index in [0.717, 1.165) is 57.9 Å². The molecule has 2 aromatic heterocycles. The summed E-state index contributed by atoms with van der Waals surface area (Å²) in [4.78, 5) is 14.3. The standard InChI is InChI=1S/C23H30N6/c1-27-9-11-29(12-10-27)23-25-14-17-13-19(7-8-21(17)26-23)24-15-18-16-28(2)22-6-4-3-5-20(18)22/h3-6,14,16,19,24H,7-13,15H2,1-2H3. The van der Waals surface area contributed by atoms with E-state index in [1.807, 2.05) is 0 Å². The molecule has 1 unspecified atom stereocenters. The molecule has 6 heteroatoms. The third-order valence-electron chi connectivity index (χ3n) is 6.48. The van der Waals surface area contributed by atoms with Crippen LogP contribution in [0.2, 0.25) is 0 Å². The van der Waals surface area contributed by atoms with Gasteiger partial charge in [-0.3, -0.25) is 0 Å². The Labute approximate surface area is 172 Å². The van der Waals surface area contributed by atoms with E-state index >= 15 is 0 Å². The van der Waals surface area contributed by atoms with Crippen LogP contribution in [-0.2, 0) is 26.4 Å². The fourth-order valence-electron chi connectivity index (χ4n) is 4.65. The lowest BCUT2D eigenvalue weighted by atomic mass is 9.92. The summed E-state index contributed by atoms with van der Waals surface area (Å²) in [6.07, 6.45) is 7.51. The number of hydrogen-bond acceptors (Lipinski definition) is 5. The van der Waals surface area contributed by atoms with Crippen molar-refractivity contribution in [3.8, 4) is 0 Å². The van der Waals surface area contributed by atoms with Crippen LogP contribution in [0.4, 0.5) is 5.95 Å². The van der Waals surface area contributed by atoms with Gasteiger partial charge in [-0.15, -0.1) is 0 Å². The zero-order valence-corrected chi connectivity index (χ0v) is 17.4. The van der Waals surface area contributed by atoms with Crippen molar-refractivity contribution in [1.82, 2.24) is 24.8 Å². The van der Waals surface area contributed by atoms with Crippen molar-refractivity contribution in [2.24, 2.45) is 7.05 Å². The van der Waals surface area contributed by atoms with Gasteiger partial charge in [0.2, 0.25) is 5.95 Å². The molecule has 6 nitrogen and oxygen atoms in total. The van der Waals surface area contributed by atoms with Crippen molar-refractivity contribution < 1.29 is 0 Å². The summed E-state index contributed by atoms with van der Waals surface area (Å²) in [6, 6.07) is 9.12. The van der Waals surface area contributed by atoms with Crippen LogP contribution >= 0.6 is 0 Å². The van der Waals surface area contributed by atoms with E-state index < -0.39 is 0 Å². The number of para-hydroxylation sites is 1. The molecular formula is C23H30N6. The van der Waals surface area contributed by atoms with Gasteiger partial charge < -0.3 is 19.7 Å². The smallest absolute Gasteiger partial charge is 0.225 e. The molecule has 1 saturated heterocycles. The number of nitrogens with zero attached hydrogens (tertiary/aromatic N) is 5. The molecule has 1 aliphatic heterocycles. The molecule has 0 amide bonds. The highest BCUT2D eigenvalue weighted by molar-refractivity contribution is 5.83. The molecule has 0 radical (unpaired) electrons. The number of likely N-dealkylation sites (N-methyl/N-ethyl adjacent to an activating group) is 1. The molecule has 152 valence electrons. The van der Waals surface area contributed by atoms with Gasteiger partial charge in [-0.2, -0.15) is 0 Å². The van der Waals surface area contributed by atoms with Crippen LogP contribution < -0.4 is 10.2 Å². The Kier molecular flexibility index (Phi) is 4.97. The Balaban J connectivity index is 1.24. The topological polar surface area (TPSA) is 49.2 Å². The van der Waals surface area contributed by atoms with Crippen LogP contribution in [0.25, 0.3) is 10.9 Å². The molecule has 2 aliphatic rings. The van der Waals surface area contributed by atoms with Crippen LogP contribution in [0.3, 0.4) is 0 Å². The van der Waals surface area contributed by atoms with Gasteiger partial charge >= 0.3 is 0 Å². The van der Waals surface area contributed by atoms with Crippen molar-refractivity contribution in [1.29, 1.82) is 0 Å². The molecule has 0 spiro atoms. The number of aromatic nitrogens is 3. The van der Waals surface area contributed by atoms with Crippen molar-refractivity contribution in [2.45, 2.75) is 31.8 Å². The molecule has 1 atom stereocenters. The molecular weight excluding hydrogens is 360 g/mol. The Morgan fingerprint density at radius 1 is 1.10 bits per heavy atom. The van der Waals surface area contributed by atoms with E-state index in [0.29, 0.717) is 6.04 Å². The quantitative estimate of drug-likeness (QED) is 0.741. The molecule has 0 bridgehead atoms. The normalized spacial score (nSPS) is 20.2. The van der Waals surface area contributed by atoms with Crippen molar-refractivity contribution in [2.75, 3.05) is 38.1 Å². The highest BCUT2D eigenvalue weighted by Gasteiger charge is 2.23. The summed E-state index contributed by atoms with van der Waals surface area (Å²) >= 11 is 0. The third kappa shape index (κ3) is 3.74.